The van der Waals surface area contributed by atoms with Crippen LogP contribution in [0.3, 0.4) is 0 Å². The van der Waals surface area contributed by atoms with Gasteiger partial charge in [0.15, 0.2) is 0 Å². The van der Waals surface area contributed by atoms with Gasteiger partial charge in [-0.3, -0.25) is 0 Å². The number of sulfonamides is 1. The molecule has 1 heterocycles. The van der Waals surface area contributed by atoms with Crippen molar-refractivity contribution in [3.63, 3.8) is 0 Å². The van der Waals surface area contributed by atoms with E-state index in [0.29, 0.717) is 11.5 Å². The summed E-state index contributed by atoms with van der Waals surface area (Å²) >= 11 is 0. The number of nitrogens with one attached hydrogen (secondary N) is 1. The molecule has 22 heavy (non-hydrogen) atoms. The van der Waals surface area contributed by atoms with Crippen molar-refractivity contribution in [1.29, 1.82) is 0 Å². The van der Waals surface area contributed by atoms with Gasteiger partial charge >= 0.3 is 0 Å². The summed E-state index contributed by atoms with van der Waals surface area (Å²) in [4.78, 5) is 8.83. The largest absolute Gasteiger partial charge is 0.264 e. The highest BCUT2D eigenvalue weighted by molar-refractivity contribution is 7.92. The van der Waals surface area contributed by atoms with E-state index in [-0.39, 0.29) is 10.8 Å². The number of hydrogen-bond acceptors (Lipinski definition) is 4. The lowest BCUT2D eigenvalue weighted by molar-refractivity contribution is 0.600. The number of nitrogens with zero attached hydrogens (tertiary/aromatic N) is 2. The Balaban J connectivity index is 1.96. The van der Waals surface area contributed by atoms with Crippen LogP contribution in [0.25, 0.3) is 0 Å². The second-order valence-electron chi connectivity index (χ2n) is 5.91. The van der Waals surface area contributed by atoms with Gasteiger partial charge in [0.2, 0.25) is 5.95 Å². The number of rotatable bonds is 4. The van der Waals surface area contributed by atoms with Crippen LogP contribution >= 0.6 is 0 Å². The van der Waals surface area contributed by atoms with Crippen molar-refractivity contribution >= 4 is 16.0 Å². The lowest BCUT2D eigenvalue weighted by Gasteiger charge is -2.11. The quantitative estimate of drug-likeness (QED) is 0.940. The molecule has 0 aliphatic heterocycles. The minimum absolute atomic E-state index is 0.155. The Bertz CT molecular complexity index is 827. The molecule has 6 heteroatoms. The molecular weight excluding hydrogens is 298 g/mol. The molecule has 1 fully saturated rings. The van der Waals surface area contributed by atoms with Crippen LogP contribution in [0, 0.1) is 20.8 Å². The number of anilines is 1. The Labute approximate surface area is 130 Å². The minimum atomic E-state index is -3.68. The Morgan fingerprint density at radius 2 is 1.82 bits per heavy atom. The molecule has 1 aromatic heterocycles. The van der Waals surface area contributed by atoms with Gasteiger partial charge in [0.05, 0.1) is 4.90 Å². The predicted molar refractivity (Wildman–Crippen MR) is 85.5 cm³/mol. The van der Waals surface area contributed by atoms with Crippen LogP contribution in [-0.4, -0.2) is 18.4 Å². The summed E-state index contributed by atoms with van der Waals surface area (Å²) in [7, 11) is -3.68. The van der Waals surface area contributed by atoms with E-state index in [1.807, 2.05) is 26.0 Å². The molecule has 0 bridgehead atoms. The highest BCUT2D eigenvalue weighted by Crippen LogP contribution is 2.39. The summed E-state index contributed by atoms with van der Waals surface area (Å²) < 4.78 is 27.7. The van der Waals surface area contributed by atoms with E-state index in [2.05, 4.69) is 14.7 Å². The molecule has 1 aliphatic rings. The number of aromatic nitrogens is 2. The summed E-state index contributed by atoms with van der Waals surface area (Å²) in [6, 6.07) is 7.28. The number of aryl methyl sites for hydroxylation is 3. The average Bonchev–Trinajstić information content (AvgIpc) is 3.24. The van der Waals surface area contributed by atoms with Gasteiger partial charge in [0, 0.05) is 17.3 Å². The highest BCUT2D eigenvalue weighted by atomic mass is 32.2. The topological polar surface area (TPSA) is 72.0 Å². The molecule has 0 saturated heterocycles. The summed E-state index contributed by atoms with van der Waals surface area (Å²) in [5, 5.41) is 0. The molecule has 2 aromatic rings. The number of hydrogen-bond donors (Lipinski definition) is 1. The fourth-order valence-corrected chi connectivity index (χ4v) is 3.67. The molecular formula is C16H19N3O2S. The van der Waals surface area contributed by atoms with Crippen LogP contribution in [-0.2, 0) is 10.0 Å². The first-order chi connectivity index (χ1) is 10.3. The van der Waals surface area contributed by atoms with Crippen LogP contribution in [0.15, 0.2) is 29.2 Å². The zero-order chi connectivity index (χ0) is 15.9. The van der Waals surface area contributed by atoms with E-state index >= 15 is 0 Å². The lowest BCUT2D eigenvalue weighted by atomic mass is 10.2. The van der Waals surface area contributed by atoms with E-state index in [1.54, 1.807) is 19.1 Å². The third-order valence-corrected chi connectivity index (χ3v) is 5.20. The van der Waals surface area contributed by atoms with Gasteiger partial charge in [0.25, 0.3) is 10.0 Å². The van der Waals surface area contributed by atoms with E-state index in [9.17, 15) is 8.42 Å². The lowest BCUT2D eigenvalue weighted by Crippen LogP contribution is -2.17. The second kappa shape index (κ2) is 5.35. The molecule has 1 saturated carbocycles. The maximum absolute atomic E-state index is 12.6. The molecule has 1 aliphatic carbocycles. The Hall–Kier alpha value is -1.95. The fourth-order valence-electron chi connectivity index (χ4n) is 2.40. The maximum Gasteiger partial charge on any atom is 0.264 e. The van der Waals surface area contributed by atoms with E-state index in [4.69, 9.17) is 0 Å². The smallest absolute Gasteiger partial charge is 0.247 e. The maximum atomic E-state index is 12.6. The highest BCUT2D eigenvalue weighted by Gasteiger charge is 2.26. The van der Waals surface area contributed by atoms with Gasteiger partial charge in [-0.2, -0.15) is 0 Å². The third-order valence-electron chi connectivity index (χ3n) is 3.73. The van der Waals surface area contributed by atoms with Crippen LogP contribution in [0.4, 0.5) is 5.95 Å². The summed E-state index contributed by atoms with van der Waals surface area (Å²) in [5.74, 6) is 0.605. The second-order valence-corrected chi connectivity index (χ2v) is 7.56. The van der Waals surface area contributed by atoms with Crippen LogP contribution in [0.5, 0.6) is 0 Å². The normalized spacial score (nSPS) is 14.9. The molecule has 0 amide bonds. The zero-order valence-corrected chi connectivity index (χ0v) is 13.7. The van der Waals surface area contributed by atoms with Crippen molar-refractivity contribution in [2.24, 2.45) is 0 Å². The average molecular weight is 317 g/mol. The van der Waals surface area contributed by atoms with Crippen molar-refractivity contribution in [2.75, 3.05) is 4.72 Å². The minimum Gasteiger partial charge on any atom is -0.247 e. The van der Waals surface area contributed by atoms with E-state index in [1.165, 1.54) is 0 Å². The van der Waals surface area contributed by atoms with Crippen molar-refractivity contribution in [3.05, 3.63) is 46.8 Å². The third kappa shape index (κ3) is 3.11. The molecule has 0 spiro atoms. The Morgan fingerprint density at radius 3 is 2.50 bits per heavy atom. The summed E-state index contributed by atoms with van der Waals surface area (Å²) in [6.45, 7) is 5.50. The van der Waals surface area contributed by atoms with Crippen LogP contribution in [0.2, 0.25) is 0 Å². The molecule has 3 rings (SSSR count). The predicted octanol–water partition coefficient (Wildman–Crippen LogP) is 3.08. The van der Waals surface area contributed by atoms with Gasteiger partial charge < -0.3 is 0 Å². The Morgan fingerprint density at radius 1 is 1.09 bits per heavy atom. The molecule has 0 radical (unpaired) electrons. The zero-order valence-electron chi connectivity index (χ0n) is 12.9. The first kappa shape index (κ1) is 15.0. The number of benzene rings is 1. The first-order valence-corrected chi connectivity index (χ1v) is 8.79. The van der Waals surface area contributed by atoms with E-state index < -0.39 is 10.0 Å². The molecule has 1 N–H and O–H groups in total. The SMILES string of the molecule is Cc1ccc(C)c(S(=O)(=O)Nc2nc(C)cc(C3CC3)n2)c1. The van der Waals surface area contributed by atoms with Gasteiger partial charge in [-0.25, -0.2) is 23.1 Å². The van der Waals surface area contributed by atoms with Gasteiger partial charge in [-0.05, 0) is 56.9 Å². The van der Waals surface area contributed by atoms with Crippen LogP contribution in [0.1, 0.15) is 41.3 Å². The van der Waals surface area contributed by atoms with Crippen molar-refractivity contribution in [2.45, 2.75) is 44.4 Å². The van der Waals surface area contributed by atoms with Crippen molar-refractivity contribution in [1.82, 2.24) is 9.97 Å². The molecule has 1 aromatic carbocycles. The standard InChI is InChI=1S/C16H19N3O2S/c1-10-4-5-11(2)15(8-10)22(20,21)19-16-17-12(3)9-14(18-16)13-6-7-13/h4-5,8-9,13H,6-7H2,1-3H3,(H,17,18,19). The van der Waals surface area contributed by atoms with E-state index in [0.717, 1.165) is 29.8 Å². The molecule has 5 nitrogen and oxygen atoms in total. The van der Waals surface area contributed by atoms with Crippen molar-refractivity contribution < 1.29 is 8.42 Å². The monoisotopic (exact) mass is 317 g/mol. The van der Waals surface area contributed by atoms with Gasteiger partial charge in [-0.1, -0.05) is 12.1 Å². The molecule has 0 unspecified atom stereocenters. The molecule has 0 atom stereocenters. The summed E-state index contributed by atoms with van der Waals surface area (Å²) in [5.41, 5.74) is 3.30. The van der Waals surface area contributed by atoms with Crippen molar-refractivity contribution in [3.8, 4) is 0 Å². The Kier molecular flexibility index (Phi) is 3.64. The van der Waals surface area contributed by atoms with Crippen LogP contribution < -0.4 is 4.72 Å². The van der Waals surface area contributed by atoms with Gasteiger partial charge in [-0.15, -0.1) is 0 Å². The fraction of sp³-hybridized carbons (Fsp3) is 0.375. The summed E-state index contributed by atoms with van der Waals surface area (Å²) in [6.07, 6.45) is 2.22. The first-order valence-electron chi connectivity index (χ1n) is 7.31. The molecule has 116 valence electrons. The van der Waals surface area contributed by atoms with Gasteiger partial charge in [0.1, 0.15) is 0 Å².